The number of imide groups is 1. The minimum Gasteiger partial charge on any atom is -0.452 e. The first-order valence-electron chi connectivity index (χ1n) is 9.35. The summed E-state index contributed by atoms with van der Waals surface area (Å²) in [5.41, 5.74) is 2.81. The van der Waals surface area contributed by atoms with Gasteiger partial charge in [-0.15, -0.1) is 0 Å². The van der Waals surface area contributed by atoms with Gasteiger partial charge < -0.3 is 10.1 Å². The summed E-state index contributed by atoms with van der Waals surface area (Å²) in [6.07, 6.45) is -1.06. The fraction of sp³-hybridized carbons (Fsp3) is 0.273. The van der Waals surface area contributed by atoms with Crippen LogP contribution in [0, 0.1) is 6.92 Å². The molecule has 1 aliphatic rings. The van der Waals surface area contributed by atoms with E-state index in [1.165, 1.54) is 6.92 Å². The number of anilines is 1. The molecule has 0 spiro atoms. The van der Waals surface area contributed by atoms with Gasteiger partial charge in [0.15, 0.2) is 6.10 Å². The van der Waals surface area contributed by atoms with Crippen LogP contribution in [0.15, 0.2) is 48.5 Å². The van der Waals surface area contributed by atoms with Crippen molar-refractivity contribution < 1.29 is 23.9 Å². The molecule has 7 heteroatoms. The number of hydrogen-bond donors (Lipinski definition) is 1. The second-order valence-electron chi connectivity index (χ2n) is 6.92. The Balaban J connectivity index is 1.51. The number of aryl methyl sites for hydroxylation is 1. The van der Waals surface area contributed by atoms with E-state index in [0.29, 0.717) is 16.8 Å². The van der Waals surface area contributed by atoms with Crippen LogP contribution in [0.2, 0.25) is 0 Å². The van der Waals surface area contributed by atoms with Crippen molar-refractivity contribution in [2.24, 2.45) is 0 Å². The van der Waals surface area contributed by atoms with E-state index < -0.39 is 23.9 Å². The number of esters is 1. The number of carbonyl (C=O) groups excluding carboxylic acids is 4. The average molecular weight is 394 g/mol. The van der Waals surface area contributed by atoms with Crippen LogP contribution >= 0.6 is 0 Å². The lowest BCUT2D eigenvalue weighted by Gasteiger charge is -2.26. The Hall–Kier alpha value is -3.48. The van der Waals surface area contributed by atoms with Crippen molar-refractivity contribution in [2.75, 3.05) is 11.9 Å². The molecule has 0 radical (unpaired) electrons. The lowest BCUT2D eigenvalue weighted by atomic mass is 9.98. The summed E-state index contributed by atoms with van der Waals surface area (Å²) in [5, 5.41) is 2.67. The van der Waals surface area contributed by atoms with Gasteiger partial charge in [0.25, 0.3) is 11.8 Å². The summed E-state index contributed by atoms with van der Waals surface area (Å²) in [6.45, 7) is 3.32. The van der Waals surface area contributed by atoms with Crippen molar-refractivity contribution in [1.29, 1.82) is 0 Å². The molecule has 0 saturated heterocycles. The molecule has 7 nitrogen and oxygen atoms in total. The second-order valence-corrected chi connectivity index (χ2v) is 6.92. The van der Waals surface area contributed by atoms with E-state index in [1.54, 1.807) is 36.4 Å². The number of rotatable bonds is 6. The minimum absolute atomic E-state index is 0.0862. The van der Waals surface area contributed by atoms with Gasteiger partial charge in [0.2, 0.25) is 5.91 Å². The van der Waals surface area contributed by atoms with E-state index in [1.807, 2.05) is 19.1 Å². The summed E-state index contributed by atoms with van der Waals surface area (Å²) in [5.74, 6) is -1.89. The third kappa shape index (κ3) is 4.87. The van der Waals surface area contributed by atoms with Gasteiger partial charge in [0, 0.05) is 17.8 Å². The van der Waals surface area contributed by atoms with Crippen LogP contribution in [0.1, 0.15) is 34.8 Å². The Labute approximate surface area is 168 Å². The average Bonchev–Trinajstić information content (AvgIpc) is 2.69. The molecule has 2 aromatic carbocycles. The highest BCUT2D eigenvalue weighted by Crippen LogP contribution is 2.20. The van der Waals surface area contributed by atoms with Crippen molar-refractivity contribution in [1.82, 2.24) is 4.90 Å². The van der Waals surface area contributed by atoms with Gasteiger partial charge in [0.05, 0.1) is 12.8 Å². The first-order chi connectivity index (χ1) is 13.8. The van der Waals surface area contributed by atoms with Crippen molar-refractivity contribution in [3.05, 3.63) is 65.2 Å². The summed E-state index contributed by atoms with van der Waals surface area (Å²) < 4.78 is 5.14. The quantitative estimate of drug-likeness (QED) is 0.600. The Kier molecular flexibility index (Phi) is 6.07. The molecule has 1 atom stereocenters. The van der Waals surface area contributed by atoms with Crippen LogP contribution < -0.4 is 5.32 Å². The van der Waals surface area contributed by atoms with Crippen molar-refractivity contribution in [2.45, 2.75) is 32.8 Å². The van der Waals surface area contributed by atoms with Gasteiger partial charge >= 0.3 is 5.97 Å². The molecule has 2 aromatic rings. The van der Waals surface area contributed by atoms with Gasteiger partial charge in [-0.1, -0.05) is 35.9 Å². The molecular weight excluding hydrogens is 372 g/mol. The molecule has 1 N–H and O–H groups in total. The molecule has 0 aliphatic carbocycles. The topological polar surface area (TPSA) is 92.8 Å². The zero-order chi connectivity index (χ0) is 21.0. The van der Waals surface area contributed by atoms with Crippen LogP contribution in [-0.2, 0) is 25.5 Å². The molecule has 1 heterocycles. The maximum atomic E-state index is 12.5. The maximum Gasteiger partial charge on any atom is 0.308 e. The van der Waals surface area contributed by atoms with Crippen molar-refractivity contribution in [3.8, 4) is 0 Å². The van der Waals surface area contributed by atoms with Gasteiger partial charge in [-0.25, -0.2) is 0 Å². The van der Waals surface area contributed by atoms with E-state index in [0.717, 1.165) is 10.5 Å². The summed E-state index contributed by atoms with van der Waals surface area (Å²) in [7, 11) is 0. The van der Waals surface area contributed by atoms with Crippen LogP contribution in [0.5, 0.6) is 0 Å². The Bertz CT molecular complexity index is 952. The number of carbonyl (C=O) groups is 4. The summed E-state index contributed by atoms with van der Waals surface area (Å²) in [4.78, 5) is 50.0. The molecule has 29 heavy (non-hydrogen) atoms. The molecule has 0 bridgehead atoms. The number of fused-ring (bicyclic) bond motifs is 1. The number of ether oxygens (including phenoxy) is 1. The second kappa shape index (κ2) is 8.68. The zero-order valence-corrected chi connectivity index (χ0v) is 16.3. The number of amides is 3. The van der Waals surface area contributed by atoms with Crippen molar-refractivity contribution in [3.63, 3.8) is 0 Å². The number of hydrogen-bond acceptors (Lipinski definition) is 5. The standard InChI is InChI=1S/C22H22N2O5/c1-14-7-9-17(10-8-14)23-21(27)15(2)29-20(26)11-12-24-19(25)13-16-5-3-4-6-18(16)22(24)28/h3-10,15H,11-13H2,1-2H3,(H,23,27)/t15-/m0/s1. The van der Waals surface area contributed by atoms with E-state index >= 15 is 0 Å². The Morgan fingerprint density at radius 3 is 2.52 bits per heavy atom. The number of nitrogens with one attached hydrogen (secondary N) is 1. The van der Waals surface area contributed by atoms with Gasteiger partial charge in [-0.2, -0.15) is 0 Å². The molecule has 3 amide bonds. The molecule has 0 fully saturated rings. The van der Waals surface area contributed by atoms with E-state index in [9.17, 15) is 19.2 Å². The van der Waals surface area contributed by atoms with Gasteiger partial charge in [-0.3, -0.25) is 24.1 Å². The molecule has 1 aliphatic heterocycles. The molecule has 150 valence electrons. The minimum atomic E-state index is -1.00. The van der Waals surface area contributed by atoms with Gasteiger partial charge in [-0.05, 0) is 37.6 Å². The SMILES string of the molecule is Cc1ccc(NC(=O)[C@H](C)OC(=O)CCN2C(=O)Cc3ccccc3C2=O)cc1. The lowest BCUT2D eigenvalue weighted by Crippen LogP contribution is -2.43. The highest BCUT2D eigenvalue weighted by molar-refractivity contribution is 6.09. The predicted octanol–water partition coefficient (Wildman–Crippen LogP) is 2.48. The molecule has 0 aromatic heterocycles. The Morgan fingerprint density at radius 1 is 1.10 bits per heavy atom. The normalized spacial score (nSPS) is 14.2. The van der Waals surface area contributed by atoms with Crippen LogP contribution in [0.25, 0.3) is 0 Å². The smallest absolute Gasteiger partial charge is 0.308 e. The molecular formula is C22H22N2O5. The molecule has 0 saturated carbocycles. The summed E-state index contributed by atoms with van der Waals surface area (Å²) in [6, 6.07) is 14.1. The molecule has 3 rings (SSSR count). The van der Waals surface area contributed by atoms with Crippen molar-refractivity contribution >= 4 is 29.4 Å². The molecule has 0 unspecified atom stereocenters. The summed E-state index contributed by atoms with van der Waals surface area (Å²) >= 11 is 0. The van der Waals surface area contributed by atoms with E-state index in [4.69, 9.17) is 4.74 Å². The zero-order valence-electron chi connectivity index (χ0n) is 16.3. The first-order valence-corrected chi connectivity index (χ1v) is 9.35. The largest absolute Gasteiger partial charge is 0.452 e. The fourth-order valence-electron chi connectivity index (χ4n) is 3.02. The lowest BCUT2D eigenvalue weighted by molar-refractivity contribution is -0.153. The van der Waals surface area contributed by atoms with E-state index in [2.05, 4.69) is 5.32 Å². The van der Waals surface area contributed by atoms with Gasteiger partial charge in [0.1, 0.15) is 0 Å². The number of benzene rings is 2. The van der Waals surface area contributed by atoms with Crippen LogP contribution in [-0.4, -0.2) is 41.2 Å². The highest BCUT2D eigenvalue weighted by atomic mass is 16.5. The monoisotopic (exact) mass is 394 g/mol. The Morgan fingerprint density at radius 2 is 1.79 bits per heavy atom. The third-order valence-electron chi connectivity index (χ3n) is 4.67. The highest BCUT2D eigenvalue weighted by Gasteiger charge is 2.31. The maximum absolute atomic E-state index is 12.5. The van der Waals surface area contributed by atoms with Crippen LogP contribution in [0.4, 0.5) is 5.69 Å². The van der Waals surface area contributed by atoms with E-state index in [-0.39, 0.29) is 25.3 Å². The number of nitrogens with zero attached hydrogens (tertiary/aromatic N) is 1. The predicted molar refractivity (Wildman–Crippen MR) is 106 cm³/mol. The first kappa shape index (κ1) is 20.3. The fourth-order valence-corrected chi connectivity index (χ4v) is 3.02. The van der Waals surface area contributed by atoms with Crippen LogP contribution in [0.3, 0.4) is 0 Å². The third-order valence-corrected chi connectivity index (χ3v) is 4.67.